The van der Waals surface area contributed by atoms with Crippen LogP contribution in [0.25, 0.3) is 11.1 Å². The van der Waals surface area contributed by atoms with Crippen LogP contribution in [0.4, 0.5) is 0 Å². The second-order valence-electron chi connectivity index (χ2n) is 6.17. The Bertz CT molecular complexity index is 689. The standard InChI is InChI=1S/C14H8N.3CH3.Sn/c15-9-14-12-7-3-1-5-10(12)11-6-2-4-8-13(11)14;;;;/h1-7,14H;3*1H3;. The minimum absolute atomic E-state index is 0.0710. The maximum atomic E-state index is 9.62. The molecule has 2 aromatic carbocycles. The maximum absolute atomic E-state index is 9.62. The molecule has 0 fully saturated rings. The number of nitrogens with zero attached hydrogens (tertiary/aromatic N) is 1. The van der Waals surface area contributed by atoms with E-state index in [0.29, 0.717) is 0 Å². The number of fused-ring (bicyclic) bond motifs is 3. The normalized spacial score (nSPS) is 16.6. The summed E-state index contributed by atoms with van der Waals surface area (Å²) in [6.07, 6.45) is 0. The third-order valence-corrected chi connectivity index (χ3v) is 9.75. The first-order valence-electron chi connectivity index (χ1n) is 6.66. The summed E-state index contributed by atoms with van der Waals surface area (Å²) in [5, 5.41) is 9.62. The fraction of sp³-hybridized carbons (Fsp3) is 0.235. The summed E-state index contributed by atoms with van der Waals surface area (Å²) in [6.45, 7) is 0. The van der Waals surface area contributed by atoms with E-state index in [-0.39, 0.29) is 5.92 Å². The van der Waals surface area contributed by atoms with Gasteiger partial charge in [-0.25, -0.2) is 0 Å². The van der Waals surface area contributed by atoms with Crippen molar-refractivity contribution < 1.29 is 0 Å². The molecule has 2 aromatic rings. The molecular formula is C17H17NSn. The fourth-order valence-corrected chi connectivity index (χ4v) is 7.85. The van der Waals surface area contributed by atoms with E-state index in [4.69, 9.17) is 0 Å². The molecule has 0 bridgehead atoms. The number of hydrogen-bond donors (Lipinski definition) is 0. The van der Waals surface area contributed by atoms with Crippen LogP contribution in [-0.2, 0) is 0 Å². The van der Waals surface area contributed by atoms with Gasteiger partial charge in [0, 0.05) is 0 Å². The van der Waals surface area contributed by atoms with Gasteiger partial charge in [0.25, 0.3) is 0 Å². The zero-order chi connectivity index (χ0) is 13.6. The van der Waals surface area contributed by atoms with Gasteiger partial charge in [-0.05, 0) is 0 Å². The van der Waals surface area contributed by atoms with Crippen LogP contribution in [0, 0.1) is 11.3 Å². The van der Waals surface area contributed by atoms with Crippen molar-refractivity contribution in [2.75, 3.05) is 0 Å². The molecule has 94 valence electrons. The van der Waals surface area contributed by atoms with Crippen molar-refractivity contribution in [1.82, 2.24) is 0 Å². The van der Waals surface area contributed by atoms with Crippen molar-refractivity contribution in [3.8, 4) is 17.2 Å². The topological polar surface area (TPSA) is 23.8 Å². The second kappa shape index (κ2) is 4.38. The number of hydrogen-bond acceptors (Lipinski definition) is 1. The summed E-state index contributed by atoms with van der Waals surface area (Å²) >= 11 is -2.20. The van der Waals surface area contributed by atoms with Gasteiger partial charge < -0.3 is 0 Å². The van der Waals surface area contributed by atoms with E-state index < -0.39 is 18.4 Å². The summed E-state index contributed by atoms with van der Waals surface area (Å²) in [7, 11) is 0. The van der Waals surface area contributed by atoms with Gasteiger partial charge in [-0.1, -0.05) is 0 Å². The van der Waals surface area contributed by atoms with Gasteiger partial charge in [-0.3, -0.25) is 0 Å². The molecule has 0 heterocycles. The van der Waals surface area contributed by atoms with Gasteiger partial charge in [0.15, 0.2) is 0 Å². The first kappa shape index (κ1) is 12.7. The number of benzene rings is 2. The quantitative estimate of drug-likeness (QED) is 0.714. The number of nitriles is 1. The summed E-state index contributed by atoms with van der Waals surface area (Å²) in [5.74, 6) is -0.0710. The Morgan fingerprint density at radius 2 is 1.63 bits per heavy atom. The van der Waals surface area contributed by atoms with Crippen LogP contribution in [-0.4, -0.2) is 18.4 Å². The molecular weight excluding hydrogens is 337 g/mol. The molecule has 1 unspecified atom stereocenters. The van der Waals surface area contributed by atoms with Crippen LogP contribution >= 0.6 is 0 Å². The molecule has 0 radical (unpaired) electrons. The van der Waals surface area contributed by atoms with Gasteiger partial charge >= 0.3 is 119 Å². The van der Waals surface area contributed by atoms with Crippen molar-refractivity contribution in [1.29, 1.82) is 5.26 Å². The number of rotatable bonds is 1. The predicted octanol–water partition coefficient (Wildman–Crippen LogP) is 3.87. The van der Waals surface area contributed by atoms with Gasteiger partial charge in [0.05, 0.1) is 0 Å². The van der Waals surface area contributed by atoms with E-state index >= 15 is 0 Å². The van der Waals surface area contributed by atoms with Crippen molar-refractivity contribution in [2.45, 2.75) is 20.7 Å². The SMILES string of the molecule is [CH3][Sn]([CH3])([CH3])[c]1cccc2c1C(C#N)c1ccccc1-2. The Balaban J connectivity index is 2.36. The van der Waals surface area contributed by atoms with Crippen molar-refractivity contribution in [2.24, 2.45) is 0 Å². The van der Waals surface area contributed by atoms with Gasteiger partial charge in [-0.15, -0.1) is 0 Å². The Hall–Kier alpha value is -1.27. The van der Waals surface area contributed by atoms with Gasteiger partial charge in [-0.2, -0.15) is 0 Å². The zero-order valence-corrected chi connectivity index (χ0v) is 14.4. The predicted molar refractivity (Wildman–Crippen MR) is 82.3 cm³/mol. The monoisotopic (exact) mass is 355 g/mol. The van der Waals surface area contributed by atoms with E-state index in [1.807, 2.05) is 6.07 Å². The Kier molecular flexibility index (Phi) is 2.94. The molecule has 0 N–H and O–H groups in total. The van der Waals surface area contributed by atoms with Crippen LogP contribution in [0.1, 0.15) is 17.0 Å². The fourth-order valence-electron chi connectivity index (χ4n) is 3.05. The summed E-state index contributed by atoms with van der Waals surface area (Å²) in [5.41, 5.74) is 5.02. The average Bonchev–Trinajstić information content (AvgIpc) is 2.71. The van der Waals surface area contributed by atoms with Crippen LogP contribution in [0.3, 0.4) is 0 Å². The molecule has 3 rings (SSSR count). The third kappa shape index (κ3) is 1.90. The van der Waals surface area contributed by atoms with Crippen molar-refractivity contribution in [3.63, 3.8) is 0 Å². The van der Waals surface area contributed by atoms with Crippen molar-refractivity contribution in [3.05, 3.63) is 53.6 Å². The molecule has 1 aliphatic carbocycles. The summed E-state index contributed by atoms with van der Waals surface area (Å²) in [4.78, 5) is 7.26. The molecule has 1 atom stereocenters. The molecule has 1 aliphatic rings. The first-order chi connectivity index (χ1) is 9.04. The van der Waals surface area contributed by atoms with Gasteiger partial charge in [0.1, 0.15) is 0 Å². The first-order valence-corrected chi connectivity index (χ1v) is 16.7. The van der Waals surface area contributed by atoms with Crippen LogP contribution in [0.5, 0.6) is 0 Å². The molecule has 19 heavy (non-hydrogen) atoms. The Morgan fingerprint density at radius 1 is 0.947 bits per heavy atom. The average molecular weight is 354 g/mol. The Morgan fingerprint density at radius 3 is 2.32 bits per heavy atom. The van der Waals surface area contributed by atoms with Crippen LogP contribution in [0.2, 0.25) is 14.8 Å². The minimum atomic E-state index is -2.20. The van der Waals surface area contributed by atoms with E-state index in [0.717, 1.165) is 0 Å². The summed E-state index contributed by atoms with van der Waals surface area (Å²) in [6, 6.07) is 17.5. The van der Waals surface area contributed by atoms with E-state index in [9.17, 15) is 5.26 Å². The van der Waals surface area contributed by atoms with E-state index in [1.54, 1.807) is 0 Å². The molecule has 0 aromatic heterocycles. The van der Waals surface area contributed by atoms with E-state index in [2.05, 4.69) is 57.3 Å². The molecule has 0 saturated heterocycles. The second-order valence-corrected chi connectivity index (χ2v) is 20.5. The molecule has 0 aliphatic heterocycles. The van der Waals surface area contributed by atoms with Gasteiger partial charge in [0.2, 0.25) is 0 Å². The van der Waals surface area contributed by atoms with Crippen LogP contribution < -0.4 is 3.58 Å². The zero-order valence-electron chi connectivity index (χ0n) is 11.6. The van der Waals surface area contributed by atoms with Crippen LogP contribution in [0.15, 0.2) is 42.5 Å². The molecule has 0 spiro atoms. The summed E-state index contributed by atoms with van der Waals surface area (Å²) < 4.78 is 1.49. The third-order valence-electron chi connectivity index (χ3n) is 3.89. The molecule has 1 nitrogen and oxygen atoms in total. The molecule has 0 saturated carbocycles. The van der Waals surface area contributed by atoms with E-state index in [1.165, 1.54) is 25.8 Å². The Labute approximate surface area is 118 Å². The van der Waals surface area contributed by atoms with Crippen molar-refractivity contribution >= 4 is 22.0 Å². The molecule has 2 heteroatoms. The molecule has 0 amide bonds.